The van der Waals surface area contributed by atoms with E-state index in [1.165, 1.54) is 0 Å². The minimum absolute atomic E-state index is 0.230. The van der Waals surface area contributed by atoms with Crippen molar-refractivity contribution in [3.8, 4) is 17.2 Å². The number of likely N-dealkylation sites (N-methyl/N-ethyl adjacent to an activating group) is 1. The number of aryl methyl sites for hydroxylation is 1. The molecule has 0 unspecified atom stereocenters. The highest BCUT2D eigenvalue weighted by molar-refractivity contribution is 5.92. The lowest BCUT2D eigenvalue weighted by Crippen LogP contribution is -2.23. The molecule has 3 aromatic rings. The van der Waals surface area contributed by atoms with Gasteiger partial charge < -0.3 is 19.7 Å². The number of nitrogens with one attached hydrogen (secondary N) is 1. The molecule has 158 valence electrons. The molecule has 2 aromatic carbocycles. The molecule has 1 aromatic heterocycles. The monoisotopic (exact) mass is 408 g/mol. The maximum Gasteiger partial charge on any atom is 0.272 e. The summed E-state index contributed by atoms with van der Waals surface area (Å²) in [5.41, 5.74) is 3.22. The van der Waals surface area contributed by atoms with Crippen LogP contribution in [0.15, 0.2) is 54.7 Å². The van der Waals surface area contributed by atoms with Crippen molar-refractivity contribution in [2.24, 2.45) is 0 Å². The number of nitrogens with zero attached hydrogens (tertiary/aromatic N) is 3. The average Bonchev–Trinajstić information content (AvgIpc) is 3.23. The smallest absolute Gasteiger partial charge is 0.272 e. The zero-order valence-electron chi connectivity index (χ0n) is 17.9. The first-order valence-corrected chi connectivity index (χ1v) is 9.81. The summed E-state index contributed by atoms with van der Waals surface area (Å²) in [6, 6.07) is 15.2. The number of carbonyl (C=O) groups is 1. The second-order valence-electron chi connectivity index (χ2n) is 7.30. The second-order valence-corrected chi connectivity index (χ2v) is 7.30. The number of ether oxygens (including phenoxy) is 2. The molecule has 7 heteroatoms. The molecule has 30 heavy (non-hydrogen) atoms. The fourth-order valence-electron chi connectivity index (χ4n) is 2.88. The third-order valence-corrected chi connectivity index (χ3v) is 4.59. The van der Waals surface area contributed by atoms with Gasteiger partial charge in [0, 0.05) is 19.3 Å². The van der Waals surface area contributed by atoms with Crippen LogP contribution in [0.1, 0.15) is 21.6 Å². The molecule has 1 N–H and O–H groups in total. The van der Waals surface area contributed by atoms with E-state index in [0.29, 0.717) is 24.6 Å². The van der Waals surface area contributed by atoms with Gasteiger partial charge in [-0.1, -0.05) is 18.2 Å². The zero-order chi connectivity index (χ0) is 21.5. The van der Waals surface area contributed by atoms with Gasteiger partial charge in [-0.25, -0.2) is 4.68 Å². The van der Waals surface area contributed by atoms with Gasteiger partial charge in [-0.15, -0.1) is 0 Å². The molecule has 0 aliphatic carbocycles. The molecule has 0 saturated carbocycles. The number of rotatable bonds is 9. The van der Waals surface area contributed by atoms with Crippen LogP contribution in [0.5, 0.6) is 11.5 Å². The standard InChI is InChI=1S/C23H28N4O3/c1-17-5-10-22(29-4)21(15-17)27-12-11-20(25-27)23(28)24-16-18-6-8-19(9-7-18)30-14-13-26(2)3/h5-12,15H,13-14,16H2,1-4H3,(H,24,28). The van der Waals surface area contributed by atoms with Crippen molar-refractivity contribution in [2.75, 3.05) is 34.4 Å². The van der Waals surface area contributed by atoms with Crippen LogP contribution in [0.4, 0.5) is 0 Å². The third kappa shape index (κ3) is 5.61. The van der Waals surface area contributed by atoms with Gasteiger partial charge in [-0.2, -0.15) is 5.10 Å². The molecular formula is C23H28N4O3. The number of benzene rings is 2. The van der Waals surface area contributed by atoms with E-state index in [4.69, 9.17) is 9.47 Å². The lowest BCUT2D eigenvalue weighted by atomic mass is 10.2. The number of amides is 1. The Bertz CT molecular complexity index is 980. The van der Waals surface area contributed by atoms with Gasteiger partial charge in [0.15, 0.2) is 5.69 Å². The van der Waals surface area contributed by atoms with Crippen molar-refractivity contribution in [3.05, 3.63) is 71.5 Å². The second kappa shape index (κ2) is 9.93. The fraction of sp³-hybridized carbons (Fsp3) is 0.304. The van der Waals surface area contributed by atoms with E-state index in [1.54, 1.807) is 24.1 Å². The summed E-state index contributed by atoms with van der Waals surface area (Å²) in [7, 11) is 5.63. The Morgan fingerprint density at radius 3 is 2.60 bits per heavy atom. The number of hydrogen-bond donors (Lipinski definition) is 1. The Balaban J connectivity index is 1.58. The summed E-state index contributed by atoms with van der Waals surface area (Å²) < 4.78 is 12.7. The quantitative estimate of drug-likeness (QED) is 0.589. The van der Waals surface area contributed by atoms with E-state index in [-0.39, 0.29) is 5.91 Å². The van der Waals surface area contributed by atoms with Crippen molar-refractivity contribution in [2.45, 2.75) is 13.5 Å². The van der Waals surface area contributed by atoms with E-state index < -0.39 is 0 Å². The average molecular weight is 409 g/mol. The molecule has 0 aliphatic rings. The summed E-state index contributed by atoms with van der Waals surface area (Å²) in [6.45, 7) is 3.91. The lowest BCUT2D eigenvalue weighted by Gasteiger charge is -2.11. The zero-order valence-corrected chi connectivity index (χ0v) is 17.9. The summed E-state index contributed by atoms with van der Waals surface area (Å²) in [5, 5.41) is 7.31. The highest BCUT2D eigenvalue weighted by Crippen LogP contribution is 2.23. The van der Waals surface area contributed by atoms with E-state index in [2.05, 4.69) is 15.3 Å². The molecule has 0 radical (unpaired) electrons. The van der Waals surface area contributed by atoms with E-state index in [0.717, 1.165) is 29.1 Å². The first kappa shape index (κ1) is 21.4. The van der Waals surface area contributed by atoms with Crippen molar-refractivity contribution in [1.29, 1.82) is 0 Å². The van der Waals surface area contributed by atoms with Crippen LogP contribution >= 0.6 is 0 Å². The minimum atomic E-state index is -0.230. The molecule has 0 atom stereocenters. The van der Waals surface area contributed by atoms with Crippen LogP contribution < -0.4 is 14.8 Å². The number of aromatic nitrogens is 2. The Labute approximate surface area is 177 Å². The Morgan fingerprint density at radius 1 is 1.13 bits per heavy atom. The van der Waals surface area contributed by atoms with Crippen LogP contribution in [0.2, 0.25) is 0 Å². The van der Waals surface area contributed by atoms with E-state index >= 15 is 0 Å². The Kier molecular flexibility index (Phi) is 7.08. The molecule has 0 spiro atoms. The van der Waals surface area contributed by atoms with Crippen molar-refractivity contribution < 1.29 is 14.3 Å². The van der Waals surface area contributed by atoms with Gasteiger partial charge in [0.25, 0.3) is 5.91 Å². The van der Waals surface area contributed by atoms with Crippen LogP contribution in [-0.2, 0) is 6.54 Å². The van der Waals surface area contributed by atoms with Gasteiger partial charge >= 0.3 is 0 Å². The van der Waals surface area contributed by atoms with Crippen molar-refractivity contribution >= 4 is 5.91 Å². The summed E-state index contributed by atoms with van der Waals surface area (Å²) in [6.07, 6.45) is 1.76. The molecule has 7 nitrogen and oxygen atoms in total. The predicted molar refractivity (Wildman–Crippen MR) is 117 cm³/mol. The third-order valence-electron chi connectivity index (χ3n) is 4.59. The summed E-state index contributed by atoms with van der Waals surface area (Å²) >= 11 is 0. The van der Waals surface area contributed by atoms with Gasteiger partial charge in [0.05, 0.1) is 7.11 Å². The van der Waals surface area contributed by atoms with E-state index in [1.807, 2.05) is 63.5 Å². The van der Waals surface area contributed by atoms with Gasteiger partial charge in [-0.3, -0.25) is 4.79 Å². The summed E-state index contributed by atoms with van der Waals surface area (Å²) in [4.78, 5) is 14.6. The number of methoxy groups -OCH3 is 1. The Hall–Kier alpha value is -3.32. The SMILES string of the molecule is COc1ccc(C)cc1-n1ccc(C(=O)NCc2ccc(OCCN(C)C)cc2)n1. The highest BCUT2D eigenvalue weighted by Gasteiger charge is 2.12. The number of hydrogen-bond acceptors (Lipinski definition) is 5. The normalized spacial score (nSPS) is 10.8. The molecular weight excluding hydrogens is 380 g/mol. The van der Waals surface area contributed by atoms with Crippen LogP contribution in [0.3, 0.4) is 0 Å². The van der Waals surface area contributed by atoms with Crippen LogP contribution in [0.25, 0.3) is 5.69 Å². The summed E-state index contributed by atoms with van der Waals surface area (Å²) in [5.74, 6) is 1.29. The molecule has 1 amide bonds. The van der Waals surface area contributed by atoms with E-state index in [9.17, 15) is 4.79 Å². The topological polar surface area (TPSA) is 68.6 Å². The molecule has 0 fully saturated rings. The van der Waals surface area contributed by atoms with Crippen LogP contribution in [0, 0.1) is 6.92 Å². The fourth-order valence-corrected chi connectivity index (χ4v) is 2.88. The van der Waals surface area contributed by atoms with Crippen molar-refractivity contribution in [1.82, 2.24) is 20.0 Å². The molecule has 0 aliphatic heterocycles. The van der Waals surface area contributed by atoms with Gasteiger partial charge in [-0.05, 0) is 62.5 Å². The predicted octanol–water partition coefficient (Wildman–Crippen LogP) is 3.06. The first-order chi connectivity index (χ1) is 14.5. The first-order valence-electron chi connectivity index (χ1n) is 9.81. The molecule has 3 rings (SSSR count). The lowest BCUT2D eigenvalue weighted by molar-refractivity contribution is 0.0945. The van der Waals surface area contributed by atoms with Gasteiger partial charge in [0.2, 0.25) is 0 Å². The molecule has 0 bridgehead atoms. The largest absolute Gasteiger partial charge is 0.494 e. The van der Waals surface area contributed by atoms with Crippen molar-refractivity contribution in [3.63, 3.8) is 0 Å². The molecule has 1 heterocycles. The Morgan fingerprint density at radius 2 is 1.90 bits per heavy atom. The maximum atomic E-state index is 12.5. The van der Waals surface area contributed by atoms with Crippen LogP contribution in [-0.4, -0.2) is 54.9 Å². The minimum Gasteiger partial charge on any atom is -0.494 e. The highest BCUT2D eigenvalue weighted by atomic mass is 16.5. The number of carbonyl (C=O) groups excluding carboxylic acids is 1. The molecule has 0 saturated heterocycles. The maximum absolute atomic E-state index is 12.5. The van der Waals surface area contributed by atoms with Gasteiger partial charge in [0.1, 0.15) is 23.8 Å².